The average Bonchev–Trinajstić information content (AvgIpc) is 2.88. The Morgan fingerprint density at radius 2 is 2.10 bits per heavy atom. The van der Waals surface area contributed by atoms with Crippen LogP contribution in [0.1, 0.15) is 38.1 Å². The Balaban J connectivity index is 2.37. The fourth-order valence-corrected chi connectivity index (χ4v) is 2.20. The van der Waals surface area contributed by atoms with Crippen LogP contribution in [-0.4, -0.2) is 34.5 Å². The number of aromatic nitrogens is 1. The van der Waals surface area contributed by atoms with Crippen LogP contribution in [0.3, 0.4) is 0 Å². The number of carbonyl (C=O) groups excluding carboxylic acids is 2. The summed E-state index contributed by atoms with van der Waals surface area (Å²) in [4.78, 5) is 38.2. The van der Waals surface area contributed by atoms with Gasteiger partial charge in [-0.2, -0.15) is 0 Å². The Labute approximate surface area is 126 Å². The van der Waals surface area contributed by atoms with Crippen molar-refractivity contribution in [3.8, 4) is 0 Å². The molecule has 1 atom stereocenters. The van der Waals surface area contributed by atoms with Crippen molar-refractivity contribution < 1.29 is 19.5 Å². The number of aliphatic carboxylic acids is 1. The molecule has 0 saturated heterocycles. The van der Waals surface area contributed by atoms with Crippen molar-refractivity contribution in [2.75, 3.05) is 6.54 Å². The van der Waals surface area contributed by atoms with Crippen LogP contribution in [0, 0.1) is 5.41 Å². The van der Waals surface area contributed by atoms with Crippen LogP contribution in [0.4, 0.5) is 4.79 Å². The zero-order valence-corrected chi connectivity index (χ0v) is 13.0. The summed E-state index contributed by atoms with van der Waals surface area (Å²) in [5.41, 5.74) is -1.21. The topological polar surface area (TPSA) is 108 Å². The van der Waals surface area contributed by atoms with Crippen LogP contribution >= 0.6 is 11.3 Å². The fourth-order valence-electron chi connectivity index (χ4n) is 1.50. The number of hydrogen-bond donors (Lipinski definition) is 3. The molecule has 7 nitrogen and oxygen atoms in total. The molecule has 0 bridgehead atoms. The molecule has 0 aliphatic heterocycles. The molecule has 1 rings (SSSR count). The average molecular weight is 313 g/mol. The van der Waals surface area contributed by atoms with Crippen LogP contribution < -0.4 is 10.6 Å². The summed E-state index contributed by atoms with van der Waals surface area (Å²) in [6.45, 7) is 5.11. The number of thiazole rings is 1. The standard InChI is InChI=1S/C13H19N3O4S/c1-8(10-14-4-5-21-10)7-15-12(20)16-9(17)6-13(2,3)11(18)19/h4-5,8H,6-7H2,1-3H3,(H,18,19)(H2,15,16,17,20). The van der Waals surface area contributed by atoms with E-state index in [1.807, 2.05) is 12.3 Å². The van der Waals surface area contributed by atoms with E-state index in [0.29, 0.717) is 6.54 Å². The van der Waals surface area contributed by atoms with Gasteiger partial charge in [0.2, 0.25) is 5.91 Å². The molecule has 0 aliphatic carbocycles. The quantitative estimate of drug-likeness (QED) is 0.739. The first-order chi connectivity index (χ1) is 9.72. The number of rotatable bonds is 6. The maximum absolute atomic E-state index is 11.6. The lowest BCUT2D eigenvalue weighted by molar-refractivity contribution is -0.149. The third-order valence-corrected chi connectivity index (χ3v) is 3.88. The van der Waals surface area contributed by atoms with Gasteiger partial charge in [0.15, 0.2) is 0 Å². The summed E-state index contributed by atoms with van der Waals surface area (Å²) >= 11 is 1.49. The number of carboxylic acid groups (broad SMARTS) is 1. The molecule has 1 unspecified atom stereocenters. The van der Waals surface area contributed by atoms with E-state index in [1.165, 1.54) is 25.2 Å². The molecular weight excluding hydrogens is 294 g/mol. The number of amides is 3. The van der Waals surface area contributed by atoms with Gasteiger partial charge >= 0.3 is 12.0 Å². The summed E-state index contributed by atoms with van der Waals surface area (Å²) in [5.74, 6) is -1.67. The van der Waals surface area contributed by atoms with E-state index in [4.69, 9.17) is 5.11 Å². The molecule has 21 heavy (non-hydrogen) atoms. The number of nitrogens with one attached hydrogen (secondary N) is 2. The minimum absolute atomic E-state index is 0.0429. The first-order valence-corrected chi connectivity index (χ1v) is 7.31. The van der Waals surface area contributed by atoms with Crippen molar-refractivity contribution in [3.63, 3.8) is 0 Å². The minimum atomic E-state index is -1.21. The van der Waals surface area contributed by atoms with Gasteiger partial charge in [-0.05, 0) is 13.8 Å². The second-order valence-electron chi connectivity index (χ2n) is 5.40. The van der Waals surface area contributed by atoms with Crippen LogP contribution in [-0.2, 0) is 9.59 Å². The lowest BCUT2D eigenvalue weighted by atomic mass is 9.89. The Morgan fingerprint density at radius 1 is 1.43 bits per heavy atom. The van der Waals surface area contributed by atoms with Crippen molar-refractivity contribution in [2.24, 2.45) is 5.41 Å². The fraction of sp³-hybridized carbons (Fsp3) is 0.538. The maximum atomic E-state index is 11.6. The van der Waals surface area contributed by atoms with Crippen LogP contribution in [0.15, 0.2) is 11.6 Å². The second-order valence-corrected chi connectivity index (χ2v) is 6.32. The molecule has 0 aliphatic rings. The number of urea groups is 1. The lowest BCUT2D eigenvalue weighted by Crippen LogP contribution is -2.43. The molecule has 8 heteroatoms. The van der Waals surface area contributed by atoms with E-state index in [1.54, 1.807) is 6.20 Å². The first kappa shape index (κ1) is 17.1. The minimum Gasteiger partial charge on any atom is -0.481 e. The second kappa shape index (κ2) is 7.16. The Bertz CT molecular complexity index is 513. The molecule has 3 amide bonds. The summed E-state index contributed by atoms with van der Waals surface area (Å²) in [7, 11) is 0. The SMILES string of the molecule is CC(CNC(=O)NC(=O)CC(C)(C)C(=O)O)c1nccs1. The predicted molar refractivity (Wildman–Crippen MR) is 78.1 cm³/mol. The molecule has 3 N–H and O–H groups in total. The third-order valence-electron chi connectivity index (χ3n) is 2.88. The lowest BCUT2D eigenvalue weighted by Gasteiger charge is -2.18. The van der Waals surface area contributed by atoms with Gasteiger partial charge in [0.25, 0.3) is 0 Å². The zero-order valence-electron chi connectivity index (χ0n) is 12.2. The summed E-state index contributed by atoms with van der Waals surface area (Å²) in [5, 5.41) is 16.4. The van der Waals surface area contributed by atoms with Gasteiger partial charge in [-0.1, -0.05) is 6.92 Å². The summed E-state index contributed by atoms with van der Waals surface area (Å²) < 4.78 is 0. The predicted octanol–water partition coefficient (Wildman–Crippen LogP) is 1.57. The molecule has 116 valence electrons. The van der Waals surface area contributed by atoms with Gasteiger partial charge < -0.3 is 10.4 Å². The highest BCUT2D eigenvalue weighted by Crippen LogP contribution is 2.20. The van der Waals surface area contributed by atoms with Crippen molar-refractivity contribution >= 4 is 29.2 Å². The van der Waals surface area contributed by atoms with Crippen LogP contribution in [0.5, 0.6) is 0 Å². The molecule has 0 aromatic carbocycles. The van der Waals surface area contributed by atoms with Gasteiger partial charge in [0.1, 0.15) is 0 Å². The number of carbonyl (C=O) groups is 3. The number of nitrogens with zero attached hydrogens (tertiary/aromatic N) is 1. The van der Waals surface area contributed by atoms with Crippen molar-refractivity contribution in [1.29, 1.82) is 0 Å². The smallest absolute Gasteiger partial charge is 0.321 e. The molecular formula is C13H19N3O4S. The highest BCUT2D eigenvalue weighted by Gasteiger charge is 2.30. The first-order valence-electron chi connectivity index (χ1n) is 6.43. The van der Waals surface area contributed by atoms with Gasteiger partial charge in [0.05, 0.1) is 10.4 Å². The molecule has 0 spiro atoms. The summed E-state index contributed by atoms with van der Waals surface area (Å²) in [6, 6.07) is -0.635. The van der Waals surface area contributed by atoms with Crippen LogP contribution in [0.2, 0.25) is 0 Å². The third kappa shape index (κ3) is 5.50. The molecule has 0 fully saturated rings. The molecule has 1 heterocycles. The van der Waals surface area contributed by atoms with Crippen molar-refractivity contribution in [1.82, 2.24) is 15.6 Å². The zero-order chi connectivity index (χ0) is 16.0. The molecule has 1 aromatic heterocycles. The van der Waals surface area contributed by atoms with Crippen molar-refractivity contribution in [3.05, 3.63) is 16.6 Å². The Kier molecular flexibility index (Phi) is 5.83. The number of imide groups is 1. The monoisotopic (exact) mass is 313 g/mol. The van der Waals surface area contributed by atoms with E-state index in [-0.39, 0.29) is 12.3 Å². The van der Waals surface area contributed by atoms with Gasteiger partial charge in [-0.25, -0.2) is 9.78 Å². The van der Waals surface area contributed by atoms with Gasteiger partial charge in [-0.15, -0.1) is 11.3 Å². The van der Waals surface area contributed by atoms with E-state index in [0.717, 1.165) is 5.01 Å². The highest BCUT2D eigenvalue weighted by molar-refractivity contribution is 7.09. The molecule has 0 radical (unpaired) electrons. The van der Waals surface area contributed by atoms with E-state index in [2.05, 4.69) is 15.6 Å². The largest absolute Gasteiger partial charge is 0.481 e. The highest BCUT2D eigenvalue weighted by atomic mass is 32.1. The number of carboxylic acids is 1. The molecule has 0 saturated carbocycles. The molecule has 1 aromatic rings. The van der Waals surface area contributed by atoms with E-state index < -0.39 is 23.3 Å². The normalized spacial score (nSPS) is 12.5. The van der Waals surface area contributed by atoms with E-state index >= 15 is 0 Å². The van der Waals surface area contributed by atoms with Crippen LogP contribution in [0.25, 0.3) is 0 Å². The van der Waals surface area contributed by atoms with Gasteiger partial charge in [-0.3, -0.25) is 14.9 Å². The maximum Gasteiger partial charge on any atom is 0.321 e. The van der Waals surface area contributed by atoms with Crippen molar-refractivity contribution in [2.45, 2.75) is 33.1 Å². The van der Waals surface area contributed by atoms with Gasteiger partial charge in [0, 0.05) is 30.5 Å². The summed E-state index contributed by atoms with van der Waals surface area (Å²) in [6.07, 6.45) is 1.42. The number of hydrogen-bond acceptors (Lipinski definition) is 5. The Hall–Kier alpha value is -1.96. The van der Waals surface area contributed by atoms with E-state index in [9.17, 15) is 14.4 Å². The Morgan fingerprint density at radius 3 is 2.62 bits per heavy atom.